The van der Waals surface area contributed by atoms with Gasteiger partial charge in [-0.2, -0.15) is 0 Å². The van der Waals surface area contributed by atoms with Gasteiger partial charge in [0.2, 0.25) is 0 Å². The number of aliphatic hydroxyl groups excluding tert-OH is 1. The molecular weight excluding hydrogens is 446 g/mol. The molecule has 0 saturated carbocycles. The molecule has 1 amide bonds. The molecule has 1 aliphatic heterocycles. The third-order valence-corrected chi connectivity index (χ3v) is 6.72. The summed E-state index contributed by atoms with van der Waals surface area (Å²) in [6.45, 7) is 4.02. The largest absolute Gasteiger partial charge is 0.507 e. The predicted molar refractivity (Wildman–Crippen MR) is 126 cm³/mol. The van der Waals surface area contributed by atoms with Gasteiger partial charge in [-0.1, -0.05) is 41.9 Å². The molecule has 32 heavy (non-hydrogen) atoms. The fourth-order valence-electron chi connectivity index (χ4n) is 4.09. The molecule has 1 N–H and O–H groups in total. The van der Waals surface area contributed by atoms with Gasteiger partial charge in [0, 0.05) is 4.88 Å². The Morgan fingerprint density at radius 3 is 2.56 bits per heavy atom. The van der Waals surface area contributed by atoms with Crippen molar-refractivity contribution in [1.82, 2.24) is 4.90 Å². The van der Waals surface area contributed by atoms with Gasteiger partial charge in [-0.05, 0) is 54.1 Å². The van der Waals surface area contributed by atoms with Crippen LogP contribution in [-0.4, -0.2) is 28.8 Å². The number of methoxy groups -OCH3 is 1. The number of carbonyl (C=O) groups excluding carboxylic acids is 2. The Kier molecular flexibility index (Phi) is 6.09. The monoisotopic (exact) mass is 467 g/mol. The Balaban J connectivity index is 1.96. The fraction of sp³-hybridized carbons (Fsp3) is 0.200. The SMILES string of the molecule is COc1c(Cl)cc(C)cc1/C(O)=C1\C(=O)C(=O)N(Cc2cccs2)C1c1ccccc1C. The highest BCUT2D eigenvalue weighted by atomic mass is 35.5. The first-order chi connectivity index (χ1) is 15.3. The molecule has 1 unspecified atom stereocenters. The highest BCUT2D eigenvalue weighted by Crippen LogP contribution is 2.44. The Morgan fingerprint density at radius 1 is 1.16 bits per heavy atom. The third kappa shape index (κ3) is 3.80. The van der Waals surface area contributed by atoms with E-state index in [1.807, 2.05) is 55.6 Å². The van der Waals surface area contributed by atoms with Crippen LogP contribution in [0.5, 0.6) is 5.75 Å². The lowest BCUT2D eigenvalue weighted by Crippen LogP contribution is -2.29. The zero-order chi connectivity index (χ0) is 23.0. The van der Waals surface area contributed by atoms with Crippen LogP contribution in [0.15, 0.2) is 59.5 Å². The molecule has 1 fully saturated rings. The van der Waals surface area contributed by atoms with E-state index >= 15 is 0 Å². The molecule has 1 atom stereocenters. The highest BCUT2D eigenvalue weighted by molar-refractivity contribution is 7.09. The number of amides is 1. The first-order valence-corrected chi connectivity index (χ1v) is 11.3. The number of hydrogen-bond acceptors (Lipinski definition) is 5. The van der Waals surface area contributed by atoms with Crippen molar-refractivity contribution in [3.05, 3.63) is 91.6 Å². The van der Waals surface area contributed by atoms with Crippen molar-refractivity contribution in [1.29, 1.82) is 0 Å². The number of carbonyl (C=O) groups is 2. The Morgan fingerprint density at radius 2 is 1.91 bits per heavy atom. The number of ether oxygens (including phenoxy) is 1. The van der Waals surface area contributed by atoms with E-state index in [9.17, 15) is 14.7 Å². The number of nitrogens with zero attached hydrogens (tertiary/aromatic N) is 1. The first kappa shape index (κ1) is 22.1. The van der Waals surface area contributed by atoms with Crippen LogP contribution in [0.4, 0.5) is 0 Å². The molecule has 1 aromatic heterocycles. The van der Waals surface area contributed by atoms with Crippen molar-refractivity contribution in [3.63, 3.8) is 0 Å². The Bertz CT molecular complexity index is 1230. The lowest BCUT2D eigenvalue weighted by atomic mass is 9.92. The van der Waals surface area contributed by atoms with E-state index in [2.05, 4.69) is 0 Å². The molecule has 2 heterocycles. The summed E-state index contributed by atoms with van der Waals surface area (Å²) in [5.74, 6) is -1.42. The number of thiophene rings is 1. The predicted octanol–water partition coefficient (Wildman–Crippen LogP) is 5.65. The molecule has 164 valence electrons. The van der Waals surface area contributed by atoms with Crippen LogP contribution >= 0.6 is 22.9 Å². The number of benzene rings is 2. The highest BCUT2D eigenvalue weighted by Gasteiger charge is 2.46. The second kappa shape index (κ2) is 8.81. The molecule has 5 nitrogen and oxygen atoms in total. The minimum Gasteiger partial charge on any atom is -0.507 e. The van der Waals surface area contributed by atoms with Gasteiger partial charge >= 0.3 is 0 Å². The molecular formula is C25H22ClNO4S. The van der Waals surface area contributed by atoms with Crippen LogP contribution < -0.4 is 4.74 Å². The van der Waals surface area contributed by atoms with E-state index in [1.165, 1.54) is 23.3 Å². The van der Waals surface area contributed by atoms with Gasteiger partial charge in [0.05, 0.1) is 35.9 Å². The maximum absolute atomic E-state index is 13.2. The van der Waals surface area contributed by atoms with Crippen LogP contribution in [0.3, 0.4) is 0 Å². The van der Waals surface area contributed by atoms with Crippen molar-refractivity contribution in [2.75, 3.05) is 7.11 Å². The lowest BCUT2D eigenvalue weighted by Gasteiger charge is -2.26. The summed E-state index contributed by atoms with van der Waals surface area (Å²) in [5, 5.41) is 13.6. The van der Waals surface area contributed by atoms with E-state index in [0.717, 1.165) is 21.6 Å². The number of halogens is 1. The van der Waals surface area contributed by atoms with Crippen LogP contribution in [0.25, 0.3) is 5.76 Å². The fourth-order valence-corrected chi connectivity index (χ4v) is 5.14. The molecule has 0 aliphatic carbocycles. The normalized spacial score (nSPS) is 17.8. The number of likely N-dealkylation sites (tertiary alicyclic amines) is 1. The summed E-state index contributed by atoms with van der Waals surface area (Å²) in [6, 6.07) is 14.0. The van der Waals surface area contributed by atoms with Crippen LogP contribution in [0, 0.1) is 13.8 Å². The van der Waals surface area contributed by atoms with Crippen LogP contribution in [0.2, 0.25) is 5.02 Å². The number of aliphatic hydroxyl groups is 1. The zero-order valence-corrected chi connectivity index (χ0v) is 19.5. The minimum atomic E-state index is -0.734. The van der Waals surface area contributed by atoms with Crippen LogP contribution in [0.1, 0.15) is 33.2 Å². The quantitative estimate of drug-likeness (QED) is 0.299. The second-order valence-electron chi connectivity index (χ2n) is 7.69. The zero-order valence-electron chi connectivity index (χ0n) is 17.9. The van der Waals surface area contributed by atoms with Gasteiger partial charge in [-0.15, -0.1) is 11.3 Å². The van der Waals surface area contributed by atoms with Gasteiger partial charge in [0.1, 0.15) is 11.5 Å². The summed E-state index contributed by atoms with van der Waals surface area (Å²) in [6.07, 6.45) is 0. The maximum Gasteiger partial charge on any atom is 0.295 e. The first-order valence-electron chi connectivity index (χ1n) is 10.0. The van der Waals surface area contributed by atoms with E-state index in [-0.39, 0.29) is 29.2 Å². The van der Waals surface area contributed by atoms with Gasteiger partial charge in [0.25, 0.3) is 11.7 Å². The van der Waals surface area contributed by atoms with Crippen molar-refractivity contribution in [2.45, 2.75) is 26.4 Å². The number of rotatable bonds is 5. The molecule has 4 rings (SSSR count). The summed E-state index contributed by atoms with van der Waals surface area (Å²) in [4.78, 5) is 28.8. The molecule has 0 spiro atoms. The van der Waals surface area contributed by atoms with Crippen molar-refractivity contribution < 1.29 is 19.4 Å². The number of aryl methyl sites for hydroxylation is 2. The lowest BCUT2D eigenvalue weighted by molar-refractivity contribution is -0.140. The molecule has 0 bridgehead atoms. The average Bonchev–Trinajstić information content (AvgIpc) is 3.36. The number of hydrogen-bond donors (Lipinski definition) is 1. The van der Waals surface area contributed by atoms with E-state index in [0.29, 0.717) is 5.02 Å². The summed E-state index contributed by atoms with van der Waals surface area (Å²) in [7, 11) is 1.45. The molecule has 2 aromatic carbocycles. The number of Topliss-reactive ketones (excluding diaryl/α,β-unsaturated/α-hetero) is 1. The number of ketones is 1. The molecule has 3 aromatic rings. The standard InChI is InChI=1S/C25H22ClNO4S/c1-14-11-18(24(31-3)19(26)12-14)22(28)20-21(17-9-5-4-7-15(17)2)27(25(30)23(20)29)13-16-8-6-10-32-16/h4-12,21,28H,13H2,1-3H3/b22-20+. The van der Waals surface area contributed by atoms with E-state index < -0.39 is 17.7 Å². The average molecular weight is 468 g/mol. The Labute approximate surface area is 195 Å². The second-order valence-corrected chi connectivity index (χ2v) is 9.13. The van der Waals surface area contributed by atoms with E-state index in [1.54, 1.807) is 12.1 Å². The molecule has 7 heteroatoms. The van der Waals surface area contributed by atoms with Crippen molar-refractivity contribution >= 4 is 40.4 Å². The molecule has 1 aliphatic rings. The van der Waals surface area contributed by atoms with Crippen molar-refractivity contribution in [3.8, 4) is 5.75 Å². The summed E-state index contributed by atoms with van der Waals surface area (Å²) >= 11 is 7.84. The van der Waals surface area contributed by atoms with Crippen molar-refractivity contribution in [2.24, 2.45) is 0 Å². The van der Waals surface area contributed by atoms with Crippen LogP contribution in [-0.2, 0) is 16.1 Å². The van der Waals surface area contributed by atoms with Gasteiger partial charge in [0.15, 0.2) is 0 Å². The summed E-state index contributed by atoms with van der Waals surface area (Å²) < 4.78 is 5.42. The molecule has 0 radical (unpaired) electrons. The van der Waals surface area contributed by atoms with E-state index in [4.69, 9.17) is 16.3 Å². The van der Waals surface area contributed by atoms with Gasteiger partial charge in [-0.25, -0.2) is 0 Å². The molecule has 1 saturated heterocycles. The van der Waals surface area contributed by atoms with Gasteiger partial charge in [-0.3, -0.25) is 9.59 Å². The minimum absolute atomic E-state index is 0.0285. The third-order valence-electron chi connectivity index (χ3n) is 5.58. The Hall–Kier alpha value is -3.09. The summed E-state index contributed by atoms with van der Waals surface area (Å²) in [5.41, 5.74) is 2.79. The topological polar surface area (TPSA) is 66.8 Å². The maximum atomic E-state index is 13.2. The van der Waals surface area contributed by atoms with Gasteiger partial charge < -0.3 is 14.7 Å². The smallest absolute Gasteiger partial charge is 0.295 e.